The Labute approximate surface area is 189 Å². The molecular formula is C20H26F4N2O6S. The number of alkyl halides is 3. The van der Waals surface area contributed by atoms with Crippen LogP contribution in [-0.4, -0.2) is 86.1 Å². The van der Waals surface area contributed by atoms with Gasteiger partial charge in [0.05, 0.1) is 30.6 Å². The molecule has 8 nitrogen and oxygen atoms in total. The minimum atomic E-state index is -4.87. The maximum Gasteiger partial charge on any atom is 0.427 e. The lowest BCUT2D eigenvalue weighted by Crippen LogP contribution is -2.49. The van der Waals surface area contributed by atoms with E-state index in [0.29, 0.717) is 24.8 Å². The van der Waals surface area contributed by atoms with Gasteiger partial charge in [0.2, 0.25) is 16.1 Å². The molecule has 13 heteroatoms. The molecule has 2 heterocycles. The molecule has 186 valence electrons. The number of nitrogens with zero attached hydrogens (tertiary/aromatic N) is 2. The summed E-state index contributed by atoms with van der Waals surface area (Å²) in [5, 5.41) is 8.82. The van der Waals surface area contributed by atoms with E-state index < -0.39 is 52.5 Å². The van der Waals surface area contributed by atoms with Crippen molar-refractivity contribution in [2.45, 2.75) is 48.9 Å². The van der Waals surface area contributed by atoms with Gasteiger partial charge in [0.25, 0.3) is 0 Å². The Kier molecular flexibility index (Phi) is 7.56. The minimum absolute atomic E-state index is 0.0707. The van der Waals surface area contributed by atoms with Gasteiger partial charge in [-0.25, -0.2) is 17.6 Å². The van der Waals surface area contributed by atoms with Crippen molar-refractivity contribution < 1.29 is 45.4 Å². The molecule has 0 radical (unpaired) electrons. The third kappa shape index (κ3) is 6.14. The maximum atomic E-state index is 13.4. The van der Waals surface area contributed by atoms with E-state index in [0.717, 1.165) is 11.0 Å². The van der Waals surface area contributed by atoms with Gasteiger partial charge in [-0.05, 0) is 37.0 Å². The van der Waals surface area contributed by atoms with Crippen LogP contribution >= 0.6 is 0 Å². The van der Waals surface area contributed by atoms with Crippen molar-refractivity contribution in [1.82, 2.24) is 9.21 Å². The zero-order valence-electron chi connectivity index (χ0n) is 17.9. The number of amides is 1. The summed E-state index contributed by atoms with van der Waals surface area (Å²) < 4.78 is 88.6. The van der Waals surface area contributed by atoms with Crippen molar-refractivity contribution in [2.24, 2.45) is 0 Å². The Hall–Kier alpha value is -1.96. The van der Waals surface area contributed by atoms with E-state index in [-0.39, 0.29) is 25.4 Å². The first kappa shape index (κ1) is 25.7. The van der Waals surface area contributed by atoms with Crippen LogP contribution in [0.25, 0.3) is 0 Å². The number of aliphatic hydroxyl groups excluding tert-OH is 1. The highest BCUT2D eigenvalue weighted by molar-refractivity contribution is 7.88. The number of hydrogen-bond donors (Lipinski definition) is 1. The number of hydrogen-bond acceptors (Lipinski definition) is 6. The van der Waals surface area contributed by atoms with E-state index in [4.69, 9.17) is 9.84 Å². The molecule has 1 aromatic rings. The average Bonchev–Trinajstić information content (AvgIpc) is 3.14. The Bertz CT molecular complexity index is 950. The smallest absolute Gasteiger partial charge is 0.427 e. The summed E-state index contributed by atoms with van der Waals surface area (Å²) in [5.74, 6) is -0.894. The second kappa shape index (κ2) is 9.72. The lowest BCUT2D eigenvalue weighted by Gasteiger charge is -2.38. The Balaban J connectivity index is 1.56. The number of benzene rings is 1. The molecule has 2 saturated heterocycles. The van der Waals surface area contributed by atoms with Gasteiger partial charge in [0.15, 0.2) is 0 Å². The summed E-state index contributed by atoms with van der Waals surface area (Å²) in [6.45, 7) is -1.10. The van der Waals surface area contributed by atoms with Crippen LogP contribution in [0.5, 0.6) is 0 Å². The molecule has 33 heavy (non-hydrogen) atoms. The fourth-order valence-electron chi connectivity index (χ4n) is 4.07. The highest BCUT2D eigenvalue weighted by atomic mass is 32.2. The van der Waals surface area contributed by atoms with Crippen molar-refractivity contribution in [1.29, 1.82) is 0 Å². The van der Waals surface area contributed by atoms with Gasteiger partial charge in [-0.2, -0.15) is 17.5 Å². The normalized spacial score (nSPS) is 22.0. The second-order valence-corrected chi connectivity index (χ2v) is 10.4. The standard InChI is InChI=1S/C20H26F4N2O6S/c1-25(33(29,30)13-14-3-2-4-15(21)9-14)16-10-19(31-12-16)5-7-26(8-6-19)18(28)32-17(11-27)20(22,23)24/h2-4,9,16-17,27H,5-8,10-13H2,1H3/t16-,17-/m1/s1. The number of likely N-dealkylation sites (tertiary alicyclic amines) is 1. The summed E-state index contributed by atoms with van der Waals surface area (Å²) in [7, 11) is -2.32. The minimum Gasteiger partial charge on any atom is -0.434 e. The number of sulfonamides is 1. The lowest BCUT2D eigenvalue weighted by molar-refractivity contribution is -0.215. The van der Waals surface area contributed by atoms with Crippen LogP contribution in [0.2, 0.25) is 0 Å². The first-order chi connectivity index (χ1) is 15.3. The number of aliphatic hydroxyl groups is 1. The predicted octanol–water partition coefficient (Wildman–Crippen LogP) is 2.27. The number of carbonyl (C=O) groups excluding carboxylic acids is 1. The van der Waals surface area contributed by atoms with Crippen molar-refractivity contribution in [2.75, 3.05) is 33.4 Å². The molecule has 1 amide bonds. The SMILES string of the molecule is CN([C@H]1COC2(CCN(C(=O)O[C@H](CO)C(F)(F)F)CC2)C1)S(=O)(=O)Cc1cccc(F)c1. The van der Waals surface area contributed by atoms with Gasteiger partial charge in [-0.3, -0.25) is 0 Å². The Morgan fingerprint density at radius 3 is 2.61 bits per heavy atom. The molecule has 0 bridgehead atoms. The number of rotatable bonds is 6. The number of ether oxygens (including phenoxy) is 2. The van der Waals surface area contributed by atoms with Gasteiger partial charge in [0, 0.05) is 20.1 Å². The molecule has 0 saturated carbocycles. The summed E-state index contributed by atoms with van der Waals surface area (Å²) in [6.07, 6.45) is -7.68. The van der Waals surface area contributed by atoms with Crippen LogP contribution in [0, 0.1) is 5.82 Å². The van der Waals surface area contributed by atoms with E-state index in [1.165, 1.54) is 29.6 Å². The quantitative estimate of drug-likeness (QED) is 0.605. The number of carbonyl (C=O) groups is 1. The molecular weight excluding hydrogens is 472 g/mol. The van der Waals surface area contributed by atoms with Gasteiger partial charge in [-0.1, -0.05) is 12.1 Å². The second-order valence-electron chi connectivity index (χ2n) is 8.34. The summed E-state index contributed by atoms with van der Waals surface area (Å²) in [6, 6.07) is 4.88. The van der Waals surface area contributed by atoms with Crippen LogP contribution in [0.4, 0.5) is 22.4 Å². The fraction of sp³-hybridized carbons (Fsp3) is 0.650. The van der Waals surface area contributed by atoms with E-state index in [2.05, 4.69) is 4.74 Å². The zero-order chi connectivity index (χ0) is 24.4. The molecule has 3 rings (SSSR count). The average molecular weight is 498 g/mol. The maximum absolute atomic E-state index is 13.4. The highest BCUT2D eigenvalue weighted by Gasteiger charge is 2.48. The van der Waals surface area contributed by atoms with Crippen molar-refractivity contribution in [3.05, 3.63) is 35.6 Å². The first-order valence-electron chi connectivity index (χ1n) is 10.3. The molecule has 2 atom stereocenters. The number of likely N-dealkylation sites (N-methyl/N-ethyl adjacent to an activating group) is 1. The number of piperidine rings is 1. The molecule has 1 N–H and O–H groups in total. The summed E-state index contributed by atoms with van der Waals surface area (Å²) in [5.41, 5.74) is -0.382. The molecule has 1 spiro atoms. The van der Waals surface area contributed by atoms with Gasteiger partial charge < -0.3 is 19.5 Å². The third-order valence-electron chi connectivity index (χ3n) is 6.09. The van der Waals surface area contributed by atoms with Gasteiger partial charge in [0.1, 0.15) is 5.82 Å². The van der Waals surface area contributed by atoms with Crippen LogP contribution in [-0.2, 0) is 25.2 Å². The van der Waals surface area contributed by atoms with Crippen LogP contribution in [0.3, 0.4) is 0 Å². The van der Waals surface area contributed by atoms with Crippen molar-refractivity contribution in [3.63, 3.8) is 0 Å². The Morgan fingerprint density at radius 1 is 1.36 bits per heavy atom. The Morgan fingerprint density at radius 2 is 2.03 bits per heavy atom. The molecule has 2 fully saturated rings. The molecule has 2 aliphatic rings. The van der Waals surface area contributed by atoms with Gasteiger partial charge in [-0.15, -0.1) is 0 Å². The summed E-state index contributed by atoms with van der Waals surface area (Å²) in [4.78, 5) is 13.2. The first-order valence-corrected chi connectivity index (χ1v) is 11.9. The van der Waals surface area contributed by atoms with Crippen LogP contribution < -0.4 is 0 Å². The van der Waals surface area contributed by atoms with Crippen LogP contribution in [0.15, 0.2) is 24.3 Å². The molecule has 0 aromatic heterocycles. The van der Waals surface area contributed by atoms with E-state index in [1.54, 1.807) is 0 Å². The zero-order valence-corrected chi connectivity index (χ0v) is 18.7. The topological polar surface area (TPSA) is 96.4 Å². The fourth-order valence-corrected chi connectivity index (χ4v) is 5.46. The summed E-state index contributed by atoms with van der Waals surface area (Å²) >= 11 is 0. The largest absolute Gasteiger partial charge is 0.434 e. The van der Waals surface area contributed by atoms with E-state index in [1.807, 2.05) is 0 Å². The van der Waals surface area contributed by atoms with Gasteiger partial charge >= 0.3 is 12.3 Å². The molecule has 0 aliphatic carbocycles. The monoisotopic (exact) mass is 498 g/mol. The van der Waals surface area contributed by atoms with E-state index in [9.17, 15) is 30.8 Å². The van der Waals surface area contributed by atoms with E-state index >= 15 is 0 Å². The number of halogens is 4. The molecule has 0 unspecified atom stereocenters. The highest BCUT2D eigenvalue weighted by Crippen LogP contribution is 2.38. The van der Waals surface area contributed by atoms with Crippen LogP contribution in [0.1, 0.15) is 24.8 Å². The van der Waals surface area contributed by atoms with Crippen molar-refractivity contribution in [3.8, 4) is 0 Å². The van der Waals surface area contributed by atoms with Crippen molar-refractivity contribution >= 4 is 16.1 Å². The third-order valence-corrected chi connectivity index (χ3v) is 7.96. The lowest BCUT2D eigenvalue weighted by atomic mass is 9.87. The molecule has 2 aliphatic heterocycles. The molecule has 1 aromatic carbocycles. The predicted molar refractivity (Wildman–Crippen MR) is 108 cm³/mol.